The van der Waals surface area contributed by atoms with Crippen molar-refractivity contribution in [1.82, 2.24) is 0 Å². The van der Waals surface area contributed by atoms with Gasteiger partial charge in [0.2, 0.25) is 0 Å². The van der Waals surface area contributed by atoms with E-state index in [1.165, 1.54) is 6.42 Å². The molecule has 19 heavy (non-hydrogen) atoms. The van der Waals surface area contributed by atoms with Gasteiger partial charge in [-0.15, -0.1) is 23.5 Å². The zero-order chi connectivity index (χ0) is 14.0. The molecule has 4 atom stereocenters. The van der Waals surface area contributed by atoms with Gasteiger partial charge in [-0.2, -0.15) is 0 Å². The van der Waals surface area contributed by atoms with E-state index in [0.29, 0.717) is 0 Å². The summed E-state index contributed by atoms with van der Waals surface area (Å²) >= 11 is 3.61. The minimum absolute atomic E-state index is 0.195. The van der Waals surface area contributed by atoms with Crippen LogP contribution in [-0.2, 0) is 9.47 Å². The van der Waals surface area contributed by atoms with Crippen molar-refractivity contribution in [3.05, 3.63) is 0 Å². The highest BCUT2D eigenvalue weighted by molar-refractivity contribution is 8.17. The normalized spacial score (nSPS) is 35.2. The van der Waals surface area contributed by atoms with E-state index in [4.69, 9.17) is 14.6 Å². The van der Waals surface area contributed by atoms with Gasteiger partial charge in [0.1, 0.15) is 24.4 Å². The van der Waals surface area contributed by atoms with Gasteiger partial charge in [0.05, 0.1) is 11.2 Å². The molecule has 7 heteroatoms. The van der Waals surface area contributed by atoms with Crippen molar-refractivity contribution in [2.75, 3.05) is 18.1 Å². The molecule has 0 aromatic heterocycles. The average molecular weight is 310 g/mol. The Hall–Kier alpha value is 0.500. The van der Waals surface area contributed by atoms with Gasteiger partial charge in [-0.05, 0) is 31.8 Å². The molecule has 3 N–H and O–H groups in total. The summed E-state index contributed by atoms with van der Waals surface area (Å²) < 4.78 is 11.8. The van der Waals surface area contributed by atoms with Gasteiger partial charge in [0.15, 0.2) is 5.79 Å². The van der Waals surface area contributed by atoms with Crippen molar-refractivity contribution in [1.29, 1.82) is 0 Å². The van der Waals surface area contributed by atoms with Crippen LogP contribution in [0.15, 0.2) is 0 Å². The molecule has 2 aliphatic heterocycles. The number of aliphatic hydroxyl groups is 3. The molecule has 0 spiro atoms. The third kappa shape index (κ3) is 3.78. The number of thioether (sulfide) groups is 2. The van der Waals surface area contributed by atoms with Crippen molar-refractivity contribution in [2.45, 2.75) is 55.1 Å². The second-order valence-electron chi connectivity index (χ2n) is 5.27. The standard InChI is InChI=1S/C12H22O5S2/c1-12(2)16-9(8(15)7(14)6-13)10(17-12)11-18-4-3-5-19-11/h7-11,13-15H,3-6H2,1-2H3/t7-,8-,9-,10+/m1/s1. The van der Waals surface area contributed by atoms with Gasteiger partial charge in [-0.25, -0.2) is 0 Å². The predicted molar refractivity (Wildman–Crippen MR) is 76.2 cm³/mol. The van der Waals surface area contributed by atoms with Gasteiger partial charge in [0, 0.05) is 0 Å². The minimum atomic E-state index is -1.21. The first-order valence-electron chi connectivity index (χ1n) is 6.50. The van der Waals surface area contributed by atoms with E-state index >= 15 is 0 Å². The van der Waals surface area contributed by atoms with Crippen LogP contribution in [0, 0.1) is 0 Å². The fourth-order valence-electron chi connectivity index (χ4n) is 2.31. The smallest absolute Gasteiger partial charge is 0.163 e. The molecular formula is C12H22O5S2. The van der Waals surface area contributed by atoms with Crippen molar-refractivity contribution in [3.63, 3.8) is 0 Å². The van der Waals surface area contributed by atoms with E-state index in [9.17, 15) is 10.2 Å². The highest BCUT2D eigenvalue weighted by Crippen LogP contribution is 2.42. The summed E-state index contributed by atoms with van der Waals surface area (Å²) in [4.78, 5) is 0. The maximum Gasteiger partial charge on any atom is 0.163 e. The van der Waals surface area contributed by atoms with Crippen LogP contribution in [0.25, 0.3) is 0 Å². The Kier molecular flexibility index (Phi) is 5.44. The zero-order valence-corrected chi connectivity index (χ0v) is 12.8. The molecular weight excluding hydrogens is 288 g/mol. The summed E-state index contributed by atoms with van der Waals surface area (Å²) in [5, 5.41) is 28.7. The number of rotatable bonds is 4. The van der Waals surface area contributed by atoms with Gasteiger partial charge in [0.25, 0.3) is 0 Å². The molecule has 5 nitrogen and oxygen atoms in total. The first-order chi connectivity index (χ1) is 8.94. The average Bonchev–Trinajstić information content (AvgIpc) is 2.74. The molecule has 0 unspecified atom stereocenters. The molecule has 0 aliphatic carbocycles. The van der Waals surface area contributed by atoms with E-state index in [-0.39, 0.29) is 10.7 Å². The summed E-state index contributed by atoms with van der Waals surface area (Å²) in [5.41, 5.74) is 0. The van der Waals surface area contributed by atoms with Crippen LogP contribution in [0.5, 0.6) is 0 Å². The van der Waals surface area contributed by atoms with Crippen molar-refractivity contribution in [2.24, 2.45) is 0 Å². The maximum atomic E-state index is 10.1. The van der Waals surface area contributed by atoms with Crippen LogP contribution in [0.4, 0.5) is 0 Å². The van der Waals surface area contributed by atoms with Crippen molar-refractivity contribution >= 4 is 23.5 Å². The summed E-state index contributed by atoms with van der Waals surface area (Å²) in [7, 11) is 0. The third-order valence-electron chi connectivity index (χ3n) is 3.20. The maximum absolute atomic E-state index is 10.1. The molecule has 0 radical (unpaired) electrons. The lowest BCUT2D eigenvalue weighted by atomic mass is 10.0. The lowest BCUT2D eigenvalue weighted by Crippen LogP contribution is -2.47. The van der Waals surface area contributed by atoms with E-state index < -0.39 is 30.7 Å². The Labute approximate surface area is 122 Å². The first kappa shape index (κ1) is 15.9. The second-order valence-corrected chi connectivity index (χ2v) is 8.07. The summed E-state index contributed by atoms with van der Waals surface area (Å²) in [5.74, 6) is 1.37. The number of aliphatic hydroxyl groups excluding tert-OH is 3. The fourth-order valence-corrected chi connectivity index (χ4v) is 5.35. The highest BCUT2D eigenvalue weighted by atomic mass is 32.2. The lowest BCUT2D eigenvalue weighted by Gasteiger charge is -2.31. The van der Waals surface area contributed by atoms with Crippen LogP contribution in [-0.4, -0.2) is 68.2 Å². The van der Waals surface area contributed by atoms with Crippen LogP contribution < -0.4 is 0 Å². The summed E-state index contributed by atoms with van der Waals surface area (Å²) in [6.45, 7) is 3.12. The molecule has 0 aromatic carbocycles. The fraction of sp³-hybridized carbons (Fsp3) is 1.00. The van der Waals surface area contributed by atoms with E-state index in [2.05, 4.69) is 0 Å². The van der Waals surface area contributed by atoms with Gasteiger partial charge >= 0.3 is 0 Å². The molecule has 0 saturated carbocycles. The number of ether oxygens (including phenoxy) is 2. The number of hydrogen-bond donors (Lipinski definition) is 3. The second kappa shape index (κ2) is 6.51. The molecule has 2 saturated heterocycles. The van der Waals surface area contributed by atoms with Crippen LogP contribution in [0.2, 0.25) is 0 Å². The Balaban J connectivity index is 2.09. The molecule has 0 amide bonds. The molecule has 2 aliphatic rings. The highest BCUT2D eigenvalue weighted by Gasteiger charge is 2.50. The Morgan fingerprint density at radius 2 is 1.84 bits per heavy atom. The van der Waals surface area contributed by atoms with Crippen molar-refractivity contribution in [3.8, 4) is 0 Å². The molecule has 2 rings (SSSR count). The first-order valence-corrected chi connectivity index (χ1v) is 8.60. The van der Waals surface area contributed by atoms with Gasteiger partial charge < -0.3 is 24.8 Å². The Morgan fingerprint density at radius 1 is 1.21 bits per heavy atom. The van der Waals surface area contributed by atoms with Gasteiger partial charge in [-0.3, -0.25) is 0 Å². The SMILES string of the molecule is CC1(C)O[C@H]([C@H](O)[C@H](O)CO)[C@@H](C2SCCCS2)O1. The van der Waals surface area contributed by atoms with Crippen molar-refractivity contribution < 1.29 is 24.8 Å². The van der Waals surface area contributed by atoms with E-state index in [1.54, 1.807) is 37.4 Å². The Morgan fingerprint density at radius 3 is 2.42 bits per heavy atom. The quantitative estimate of drug-likeness (QED) is 0.694. The molecule has 2 heterocycles. The van der Waals surface area contributed by atoms with Crippen LogP contribution in [0.1, 0.15) is 20.3 Å². The topological polar surface area (TPSA) is 79.2 Å². The van der Waals surface area contributed by atoms with Crippen LogP contribution in [0.3, 0.4) is 0 Å². The summed E-state index contributed by atoms with van der Waals surface area (Å²) in [6, 6.07) is 0. The number of hydrogen-bond acceptors (Lipinski definition) is 7. The predicted octanol–water partition coefficient (Wildman–Crippen LogP) is 0.417. The molecule has 0 aromatic rings. The molecule has 112 valence electrons. The largest absolute Gasteiger partial charge is 0.394 e. The van der Waals surface area contributed by atoms with E-state index in [1.807, 2.05) is 0 Å². The van der Waals surface area contributed by atoms with Gasteiger partial charge in [-0.1, -0.05) is 0 Å². The van der Waals surface area contributed by atoms with E-state index in [0.717, 1.165) is 11.5 Å². The third-order valence-corrected chi connectivity index (χ3v) is 6.26. The lowest BCUT2D eigenvalue weighted by molar-refractivity contribution is -0.164. The summed E-state index contributed by atoms with van der Waals surface area (Å²) in [6.07, 6.45) is -2.06. The Bertz CT molecular complexity index is 284. The monoisotopic (exact) mass is 310 g/mol. The minimum Gasteiger partial charge on any atom is -0.394 e. The molecule has 2 fully saturated rings. The van der Waals surface area contributed by atoms with Crippen LogP contribution >= 0.6 is 23.5 Å². The molecule has 0 bridgehead atoms. The zero-order valence-electron chi connectivity index (χ0n) is 11.2.